The van der Waals surface area contributed by atoms with Crippen molar-refractivity contribution in [2.75, 3.05) is 13.1 Å². The highest BCUT2D eigenvalue weighted by atomic mass is 32.1. The van der Waals surface area contributed by atoms with E-state index in [9.17, 15) is 4.79 Å². The Morgan fingerprint density at radius 1 is 1.30 bits per heavy atom. The third-order valence-corrected chi connectivity index (χ3v) is 2.60. The van der Waals surface area contributed by atoms with Gasteiger partial charge in [0.15, 0.2) is 0 Å². The van der Waals surface area contributed by atoms with Crippen LogP contribution in [0.4, 0.5) is 4.79 Å². The van der Waals surface area contributed by atoms with Crippen molar-refractivity contribution < 1.29 is 9.53 Å². The third-order valence-electron chi connectivity index (χ3n) is 2.47. The van der Waals surface area contributed by atoms with Gasteiger partial charge in [-0.05, 0) is 58.3 Å². The van der Waals surface area contributed by atoms with Gasteiger partial charge >= 0.3 is 6.09 Å². The minimum atomic E-state index is -0.416. The smallest absolute Gasteiger partial charge is 0.410 e. The molecule has 0 N–H and O–H groups in total. The fourth-order valence-corrected chi connectivity index (χ4v) is 1.84. The van der Waals surface area contributed by atoms with Gasteiger partial charge < -0.3 is 9.64 Å². The monoisotopic (exact) mass is 302 g/mol. The van der Waals surface area contributed by atoms with Crippen LogP contribution >= 0.6 is 12.8 Å². The zero-order valence-electron chi connectivity index (χ0n) is 13.7. The van der Waals surface area contributed by atoms with Gasteiger partial charge in [0.05, 0.1) is 0 Å². The molecular weight excluding hydrogens is 272 g/mol. The van der Waals surface area contributed by atoms with Crippen molar-refractivity contribution in [1.82, 2.24) is 4.90 Å². The zero-order valence-corrected chi connectivity index (χ0v) is 14.6. The fraction of sp³-hybridized carbons (Fsp3) is 0.867. The zero-order chi connectivity index (χ0) is 15.8. The van der Waals surface area contributed by atoms with Crippen LogP contribution in [-0.4, -0.2) is 35.9 Å². The summed E-state index contributed by atoms with van der Waals surface area (Å²) in [5.74, 6) is 1.27. The minimum absolute atomic E-state index is 0.214. The molecule has 0 aromatic carbocycles. The molecule has 0 radical (unpaired) electrons. The number of thiol groups is 1. The van der Waals surface area contributed by atoms with Crippen LogP contribution in [0.1, 0.15) is 54.4 Å². The van der Waals surface area contributed by atoms with Crippen molar-refractivity contribution in [3.8, 4) is 0 Å². The van der Waals surface area contributed by atoms with Crippen molar-refractivity contribution in [2.24, 2.45) is 16.2 Å². The van der Waals surface area contributed by atoms with E-state index in [1.54, 1.807) is 4.90 Å². The molecule has 0 saturated carbocycles. The van der Waals surface area contributed by atoms with E-state index < -0.39 is 5.60 Å². The van der Waals surface area contributed by atoms with Gasteiger partial charge in [-0.1, -0.05) is 20.8 Å². The van der Waals surface area contributed by atoms with E-state index in [1.807, 2.05) is 27.0 Å². The summed E-state index contributed by atoms with van der Waals surface area (Å²) in [6, 6.07) is 0. The number of ether oxygens (including phenoxy) is 1. The first-order valence-corrected chi connectivity index (χ1v) is 7.71. The number of rotatable bonds is 1. The van der Waals surface area contributed by atoms with Crippen LogP contribution in [0.25, 0.3) is 0 Å². The molecule has 118 valence electrons. The van der Waals surface area contributed by atoms with Gasteiger partial charge in [0, 0.05) is 19.3 Å². The van der Waals surface area contributed by atoms with Crippen LogP contribution in [0.15, 0.2) is 4.40 Å². The van der Waals surface area contributed by atoms with Crippen LogP contribution < -0.4 is 0 Å². The van der Waals surface area contributed by atoms with Crippen LogP contribution in [0.5, 0.6) is 0 Å². The van der Waals surface area contributed by atoms with Gasteiger partial charge in [0.25, 0.3) is 0 Å². The summed E-state index contributed by atoms with van der Waals surface area (Å²) >= 11 is 3.81. The largest absolute Gasteiger partial charge is 0.444 e. The Hall–Kier alpha value is -0.710. The molecule has 1 rings (SSSR count). The fourth-order valence-electron chi connectivity index (χ4n) is 1.65. The summed E-state index contributed by atoms with van der Waals surface area (Å²) < 4.78 is 9.03. The summed E-state index contributed by atoms with van der Waals surface area (Å²) in [5, 5.41) is 0. The average Bonchev–Trinajstić information content (AvgIpc) is 2.27. The third kappa shape index (κ3) is 10.1. The number of carbonyl (C=O) groups excluding carboxylic acids is 1. The molecule has 1 aliphatic heterocycles. The molecule has 0 bridgehead atoms. The molecule has 1 fully saturated rings. The highest BCUT2D eigenvalue weighted by Gasteiger charge is 2.25. The lowest BCUT2D eigenvalue weighted by Crippen LogP contribution is -2.41. The number of likely N-dealkylation sites (tertiary alicyclic amines) is 1. The molecule has 5 heteroatoms. The van der Waals surface area contributed by atoms with E-state index in [1.165, 1.54) is 0 Å². The lowest BCUT2D eigenvalue weighted by molar-refractivity contribution is 0.0203. The van der Waals surface area contributed by atoms with E-state index in [2.05, 4.69) is 38.0 Å². The maximum atomic E-state index is 11.7. The van der Waals surface area contributed by atoms with Crippen LogP contribution in [0.2, 0.25) is 0 Å². The molecule has 0 atom stereocenters. The molecular formula is C15H30N2O2S. The van der Waals surface area contributed by atoms with E-state index in [4.69, 9.17) is 4.74 Å². The summed E-state index contributed by atoms with van der Waals surface area (Å²) in [5.41, 5.74) is -0.416. The quantitative estimate of drug-likeness (QED) is 0.582. The highest BCUT2D eigenvalue weighted by Crippen LogP contribution is 2.18. The first kappa shape index (κ1) is 19.3. The molecule has 1 heterocycles. The van der Waals surface area contributed by atoms with E-state index in [0.29, 0.717) is 5.92 Å². The second kappa shape index (κ2) is 9.27. The van der Waals surface area contributed by atoms with Gasteiger partial charge in [-0.2, -0.15) is 0 Å². The number of hydrogen-bond donors (Lipinski definition) is 1. The summed E-state index contributed by atoms with van der Waals surface area (Å²) in [7, 11) is 0. The maximum absolute atomic E-state index is 11.7. The second-order valence-corrected chi connectivity index (χ2v) is 7.03. The summed E-state index contributed by atoms with van der Waals surface area (Å²) in [6.45, 7) is 13.6. The molecule has 1 amide bonds. The lowest BCUT2D eigenvalue weighted by atomic mass is 9.99. The molecule has 4 nitrogen and oxygen atoms in total. The molecule has 1 aliphatic rings. The number of amides is 1. The Morgan fingerprint density at radius 3 is 2.10 bits per heavy atom. The normalized spacial score (nSPS) is 17.1. The van der Waals surface area contributed by atoms with Gasteiger partial charge in [0.1, 0.15) is 5.60 Å². The predicted molar refractivity (Wildman–Crippen MR) is 88.5 cm³/mol. The van der Waals surface area contributed by atoms with Crippen molar-refractivity contribution in [2.45, 2.75) is 60.0 Å². The molecule has 0 aliphatic carbocycles. The van der Waals surface area contributed by atoms with Crippen LogP contribution in [0, 0.1) is 11.8 Å². The number of hydrogen-bond acceptors (Lipinski definition) is 4. The molecule has 0 unspecified atom stereocenters. The van der Waals surface area contributed by atoms with Crippen LogP contribution in [0.3, 0.4) is 0 Å². The van der Waals surface area contributed by atoms with Gasteiger partial charge in [-0.15, -0.1) is 0 Å². The standard InChI is InChI=1S/C11H20N2O2S.C4H10/c1-11(2,3)15-10(14)13-6-4-9(5-7-13)8-12-16;1-4(2)3/h8-9,16H,4-7H2,1-3H3;4H,1-3H3/b12-8+;. The minimum Gasteiger partial charge on any atom is -0.444 e. The highest BCUT2D eigenvalue weighted by molar-refractivity contribution is 7.78. The van der Waals surface area contributed by atoms with E-state index >= 15 is 0 Å². The van der Waals surface area contributed by atoms with Crippen molar-refractivity contribution in [3.05, 3.63) is 0 Å². The van der Waals surface area contributed by atoms with Gasteiger partial charge in [0.2, 0.25) is 0 Å². The molecule has 0 aromatic rings. The van der Waals surface area contributed by atoms with Gasteiger partial charge in [-0.3, -0.25) is 0 Å². The lowest BCUT2D eigenvalue weighted by Gasteiger charge is -2.32. The Bertz CT molecular complexity index is 301. The Labute approximate surface area is 129 Å². The Morgan fingerprint density at radius 2 is 1.75 bits per heavy atom. The van der Waals surface area contributed by atoms with Crippen LogP contribution in [-0.2, 0) is 4.74 Å². The van der Waals surface area contributed by atoms with Gasteiger partial charge in [-0.25, -0.2) is 9.19 Å². The summed E-state index contributed by atoms with van der Waals surface area (Å²) in [4.78, 5) is 13.5. The first-order chi connectivity index (χ1) is 9.15. The predicted octanol–water partition coefficient (Wildman–Crippen LogP) is 4.21. The van der Waals surface area contributed by atoms with Crippen molar-refractivity contribution in [1.29, 1.82) is 0 Å². The second-order valence-electron chi connectivity index (χ2n) is 6.80. The van der Waals surface area contributed by atoms with E-state index in [-0.39, 0.29) is 6.09 Å². The molecule has 0 aromatic heterocycles. The Kier molecular flexibility index (Phi) is 8.94. The topological polar surface area (TPSA) is 41.9 Å². The average molecular weight is 302 g/mol. The molecule has 1 saturated heterocycles. The molecule has 0 spiro atoms. The first-order valence-electron chi connectivity index (χ1n) is 7.31. The number of carbonyl (C=O) groups is 1. The van der Waals surface area contributed by atoms with E-state index in [0.717, 1.165) is 31.8 Å². The van der Waals surface area contributed by atoms with Crippen molar-refractivity contribution >= 4 is 25.1 Å². The van der Waals surface area contributed by atoms with Crippen molar-refractivity contribution in [3.63, 3.8) is 0 Å². The maximum Gasteiger partial charge on any atom is 0.410 e. The summed E-state index contributed by atoms with van der Waals surface area (Å²) in [6.07, 6.45) is 3.50. The Balaban J connectivity index is 0.000000796. The SMILES string of the molecule is CC(C)(C)OC(=O)N1CCC(/C=N/S)CC1.CC(C)C. The number of nitrogens with zero attached hydrogens (tertiary/aromatic N) is 2. The molecule has 20 heavy (non-hydrogen) atoms. The number of piperidine rings is 1.